The number of nitrogens with zero attached hydrogens (tertiary/aromatic N) is 3. The molecule has 0 bridgehead atoms. The summed E-state index contributed by atoms with van der Waals surface area (Å²) in [6, 6.07) is 9.65. The number of azo groups is 1. The molecule has 0 aliphatic heterocycles. The maximum absolute atomic E-state index is 10.8. The van der Waals surface area contributed by atoms with Gasteiger partial charge in [0.05, 0.1) is 4.92 Å². The van der Waals surface area contributed by atoms with Crippen molar-refractivity contribution in [2.24, 2.45) is 10.2 Å². The number of para-hydroxylation sites is 1. The highest BCUT2D eigenvalue weighted by Gasteiger charge is 2.11. The van der Waals surface area contributed by atoms with E-state index in [4.69, 9.17) is 5.11 Å². The van der Waals surface area contributed by atoms with Gasteiger partial charge in [-0.2, -0.15) is 0 Å². The number of rotatable bonds is 3. The van der Waals surface area contributed by atoms with E-state index < -0.39 is 4.92 Å². The monoisotopic (exact) mass is 259 g/mol. The van der Waals surface area contributed by atoms with Crippen LogP contribution >= 0.6 is 0 Å². The van der Waals surface area contributed by atoms with E-state index in [1.807, 2.05) is 0 Å². The lowest BCUT2D eigenvalue weighted by atomic mass is 10.3. The summed E-state index contributed by atoms with van der Waals surface area (Å²) in [6.45, 7) is 0. The van der Waals surface area contributed by atoms with E-state index in [1.165, 1.54) is 30.3 Å². The van der Waals surface area contributed by atoms with Crippen molar-refractivity contribution in [3.8, 4) is 11.5 Å². The van der Waals surface area contributed by atoms with Crippen LogP contribution in [0.25, 0.3) is 0 Å². The number of phenolic OH excluding ortho intramolecular Hbond substituents is 2. The lowest BCUT2D eigenvalue weighted by Gasteiger charge is -1.98. The molecular formula is C12H9N3O4. The van der Waals surface area contributed by atoms with E-state index >= 15 is 0 Å². The van der Waals surface area contributed by atoms with E-state index in [1.54, 1.807) is 6.07 Å². The van der Waals surface area contributed by atoms with Crippen LogP contribution < -0.4 is 0 Å². The van der Waals surface area contributed by atoms with Crippen LogP contribution in [0.4, 0.5) is 17.1 Å². The Hall–Kier alpha value is -2.96. The third kappa shape index (κ3) is 2.83. The fourth-order valence-electron chi connectivity index (χ4n) is 1.41. The minimum atomic E-state index is -0.564. The van der Waals surface area contributed by atoms with E-state index in [2.05, 4.69) is 10.2 Å². The van der Waals surface area contributed by atoms with Gasteiger partial charge in [0, 0.05) is 12.1 Å². The maximum Gasteiger partial charge on any atom is 0.296 e. The first-order valence-corrected chi connectivity index (χ1v) is 5.25. The second-order valence-electron chi connectivity index (χ2n) is 3.62. The van der Waals surface area contributed by atoms with Crippen LogP contribution in [0.3, 0.4) is 0 Å². The lowest BCUT2D eigenvalue weighted by Crippen LogP contribution is -1.86. The average Bonchev–Trinajstić information content (AvgIpc) is 2.38. The molecule has 0 aromatic heterocycles. The fourth-order valence-corrected chi connectivity index (χ4v) is 1.41. The zero-order chi connectivity index (χ0) is 13.8. The van der Waals surface area contributed by atoms with Gasteiger partial charge in [-0.3, -0.25) is 10.1 Å². The first kappa shape index (κ1) is 12.5. The van der Waals surface area contributed by atoms with Gasteiger partial charge in [-0.15, -0.1) is 10.2 Å². The minimum absolute atomic E-state index is 0.0833. The SMILES string of the molecule is O=[N+]([O-])c1ccccc1/N=N/c1ccc(O)cc1O. The molecule has 0 saturated carbocycles. The van der Waals surface area contributed by atoms with E-state index in [0.29, 0.717) is 0 Å². The van der Waals surface area contributed by atoms with Gasteiger partial charge in [0.2, 0.25) is 0 Å². The topological polar surface area (TPSA) is 108 Å². The van der Waals surface area contributed by atoms with Gasteiger partial charge in [-0.1, -0.05) is 12.1 Å². The van der Waals surface area contributed by atoms with Crippen LogP contribution in [-0.4, -0.2) is 15.1 Å². The number of nitro benzene ring substituents is 1. The third-order valence-corrected chi connectivity index (χ3v) is 2.30. The van der Waals surface area contributed by atoms with Crippen molar-refractivity contribution in [3.05, 3.63) is 52.6 Å². The Morgan fingerprint density at radius 1 is 1.00 bits per heavy atom. The molecule has 0 aliphatic carbocycles. The molecule has 0 fully saturated rings. The van der Waals surface area contributed by atoms with Crippen LogP contribution in [0.2, 0.25) is 0 Å². The molecule has 0 saturated heterocycles. The average molecular weight is 259 g/mol. The van der Waals surface area contributed by atoms with Crippen molar-refractivity contribution in [3.63, 3.8) is 0 Å². The summed E-state index contributed by atoms with van der Waals surface area (Å²) in [7, 11) is 0. The Kier molecular flexibility index (Phi) is 3.37. The van der Waals surface area contributed by atoms with Crippen LogP contribution in [-0.2, 0) is 0 Å². The number of hydrogen-bond donors (Lipinski definition) is 2. The molecule has 2 aromatic carbocycles. The molecule has 0 atom stereocenters. The Labute approximate surface area is 107 Å². The van der Waals surface area contributed by atoms with Gasteiger partial charge < -0.3 is 10.2 Å². The molecule has 0 heterocycles. The van der Waals surface area contributed by atoms with Crippen LogP contribution in [0.15, 0.2) is 52.7 Å². The van der Waals surface area contributed by atoms with Gasteiger partial charge in [0.1, 0.15) is 17.2 Å². The summed E-state index contributed by atoms with van der Waals surface area (Å²) in [5.41, 5.74) is 0.0143. The second-order valence-corrected chi connectivity index (χ2v) is 3.62. The Morgan fingerprint density at radius 2 is 1.68 bits per heavy atom. The van der Waals surface area contributed by atoms with E-state index in [0.717, 1.165) is 6.07 Å². The zero-order valence-corrected chi connectivity index (χ0v) is 9.59. The van der Waals surface area contributed by atoms with E-state index in [-0.39, 0.29) is 28.6 Å². The molecule has 0 amide bonds. The Morgan fingerprint density at radius 3 is 2.37 bits per heavy atom. The van der Waals surface area contributed by atoms with Gasteiger partial charge in [-0.25, -0.2) is 0 Å². The number of aromatic hydroxyl groups is 2. The van der Waals surface area contributed by atoms with Crippen molar-refractivity contribution >= 4 is 17.1 Å². The molecule has 0 unspecified atom stereocenters. The molecule has 19 heavy (non-hydrogen) atoms. The summed E-state index contributed by atoms with van der Waals surface area (Å²) in [5, 5.41) is 36.8. The zero-order valence-electron chi connectivity index (χ0n) is 9.59. The van der Waals surface area contributed by atoms with Crippen molar-refractivity contribution in [1.82, 2.24) is 0 Å². The molecule has 0 radical (unpaired) electrons. The molecule has 7 nitrogen and oxygen atoms in total. The number of hydrogen-bond acceptors (Lipinski definition) is 6. The van der Waals surface area contributed by atoms with E-state index in [9.17, 15) is 15.2 Å². The first-order valence-electron chi connectivity index (χ1n) is 5.25. The molecule has 2 aromatic rings. The third-order valence-electron chi connectivity index (χ3n) is 2.30. The lowest BCUT2D eigenvalue weighted by molar-refractivity contribution is -0.384. The highest BCUT2D eigenvalue weighted by Crippen LogP contribution is 2.33. The smallest absolute Gasteiger partial charge is 0.296 e. The summed E-state index contributed by atoms with van der Waals surface area (Å²) >= 11 is 0. The largest absolute Gasteiger partial charge is 0.508 e. The van der Waals surface area contributed by atoms with Crippen LogP contribution in [0.5, 0.6) is 11.5 Å². The first-order chi connectivity index (χ1) is 9.08. The predicted molar refractivity (Wildman–Crippen MR) is 67.0 cm³/mol. The number of benzene rings is 2. The summed E-state index contributed by atoms with van der Waals surface area (Å²) in [4.78, 5) is 10.2. The summed E-state index contributed by atoms with van der Waals surface area (Å²) in [5.74, 6) is -0.371. The molecular weight excluding hydrogens is 250 g/mol. The Bertz CT molecular complexity index is 655. The minimum Gasteiger partial charge on any atom is -0.508 e. The predicted octanol–water partition coefficient (Wildman–Crippen LogP) is 3.42. The van der Waals surface area contributed by atoms with Crippen LogP contribution in [0, 0.1) is 10.1 Å². The summed E-state index contributed by atoms with van der Waals surface area (Å²) < 4.78 is 0. The number of nitro groups is 1. The van der Waals surface area contributed by atoms with Gasteiger partial charge in [0.15, 0.2) is 5.69 Å². The van der Waals surface area contributed by atoms with Gasteiger partial charge >= 0.3 is 0 Å². The van der Waals surface area contributed by atoms with Gasteiger partial charge in [0.25, 0.3) is 5.69 Å². The quantitative estimate of drug-likeness (QED) is 0.500. The molecule has 2 N–H and O–H groups in total. The van der Waals surface area contributed by atoms with Crippen molar-refractivity contribution in [2.75, 3.05) is 0 Å². The van der Waals surface area contributed by atoms with Crippen molar-refractivity contribution in [1.29, 1.82) is 0 Å². The second kappa shape index (κ2) is 5.13. The highest BCUT2D eigenvalue weighted by atomic mass is 16.6. The van der Waals surface area contributed by atoms with Crippen molar-refractivity contribution in [2.45, 2.75) is 0 Å². The molecule has 7 heteroatoms. The highest BCUT2D eigenvalue weighted by molar-refractivity contribution is 5.58. The summed E-state index contributed by atoms with van der Waals surface area (Å²) in [6.07, 6.45) is 0. The molecule has 0 spiro atoms. The molecule has 2 rings (SSSR count). The molecule has 96 valence electrons. The van der Waals surface area contributed by atoms with Crippen molar-refractivity contribution < 1.29 is 15.1 Å². The Balaban J connectivity index is 2.35. The normalized spacial score (nSPS) is 10.7. The van der Waals surface area contributed by atoms with Crippen LogP contribution in [0.1, 0.15) is 0 Å². The fraction of sp³-hybridized carbons (Fsp3) is 0. The van der Waals surface area contributed by atoms with Gasteiger partial charge in [-0.05, 0) is 18.2 Å². The maximum atomic E-state index is 10.8. The number of phenols is 2. The molecule has 0 aliphatic rings. The standard InChI is InChI=1S/C12H9N3O4/c16-8-5-6-10(12(17)7-8)14-13-9-3-1-2-4-11(9)15(18)19/h1-7,16-17H/b14-13+.